The highest BCUT2D eigenvalue weighted by Gasteiger charge is 2.28. The van der Waals surface area contributed by atoms with Gasteiger partial charge in [-0.15, -0.1) is 0 Å². The third-order valence-electron chi connectivity index (χ3n) is 3.80. The molecule has 21 heavy (non-hydrogen) atoms. The maximum atomic E-state index is 11.2. The minimum atomic E-state index is -0.563. The molecular weight excluding hydrogens is 272 g/mol. The predicted octanol–water partition coefficient (Wildman–Crippen LogP) is 2.62. The lowest BCUT2D eigenvalue weighted by atomic mass is 10.1. The lowest BCUT2D eigenvalue weighted by Crippen LogP contribution is -2.34. The molecule has 1 aromatic heterocycles. The maximum absolute atomic E-state index is 11.2. The van der Waals surface area contributed by atoms with E-state index in [1.165, 1.54) is 12.3 Å². The summed E-state index contributed by atoms with van der Waals surface area (Å²) in [5.74, 6) is 0.146. The Kier molecular flexibility index (Phi) is 5.06. The summed E-state index contributed by atoms with van der Waals surface area (Å²) in [5, 5.41) is 23.3. The normalized spacial score (nSPS) is 22.1. The highest BCUT2D eigenvalue weighted by Crippen LogP contribution is 2.29. The molecule has 1 heterocycles. The molecule has 2 unspecified atom stereocenters. The van der Waals surface area contributed by atoms with E-state index in [-0.39, 0.29) is 29.2 Å². The van der Waals surface area contributed by atoms with Gasteiger partial charge in [0.1, 0.15) is 11.6 Å². The number of nitrogens with zero attached hydrogens (tertiary/aromatic N) is 3. The first-order valence-corrected chi connectivity index (χ1v) is 7.00. The van der Waals surface area contributed by atoms with Gasteiger partial charge in [-0.2, -0.15) is 5.26 Å². The average Bonchev–Trinajstić information content (AvgIpc) is 2.71. The summed E-state index contributed by atoms with van der Waals surface area (Å²) in [6, 6.07) is 3.16. The molecule has 1 aliphatic carbocycles. The van der Waals surface area contributed by atoms with E-state index >= 15 is 0 Å². The largest absolute Gasteiger partial charge is 0.379 e. The van der Waals surface area contributed by atoms with Crippen LogP contribution in [-0.4, -0.2) is 29.2 Å². The molecule has 0 aliphatic heterocycles. The first-order valence-electron chi connectivity index (χ1n) is 7.00. The number of ether oxygens (including phenoxy) is 1. The van der Waals surface area contributed by atoms with E-state index in [0.29, 0.717) is 0 Å². The second-order valence-corrected chi connectivity index (χ2v) is 5.09. The van der Waals surface area contributed by atoms with Crippen LogP contribution in [0.1, 0.15) is 37.7 Å². The molecule has 0 saturated heterocycles. The topological polar surface area (TPSA) is 101 Å². The van der Waals surface area contributed by atoms with Crippen LogP contribution in [0.5, 0.6) is 0 Å². The first-order chi connectivity index (χ1) is 10.2. The maximum Gasteiger partial charge on any atom is 0.328 e. The molecule has 0 bridgehead atoms. The van der Waals surface area contributed by atoms with E-state index in [2.05, 4.69) is 10.3 Å². The van der Waals surface area contributed by atoms with Crippen LogP contribution in [0.2, 0.25) is 0 Å². The van der Waals surface area contributed by atoms with Crippen molar-refractivity contribution in [2.45, 2.75) is 44.2 Å². The summed E-state index contributed by atoms with van der Waals surface area (Å²) in [5.41, 5.74) is -0.251. The van der Waals surface area contributed by atoms with Gasteiger partial charge < -0.3 is 10.1 Å². The fourth-order valence-corrected chi connectivity index (χ4v) is 2.73. The van der Waals surface area contributed by atoms with Crippen molar-refractivity contribution in [2.24, 2.45) is 0 Å². The third-order valence-corrected chi connectivity index (χ3v) is 3.80. The zero-order chi connectivity index (χ0) is 15.2. The van der Waals surface area contributed by atoms with Crippen molar-refractivity contribution in [3.8, 4) is 6.07 Å². The quantitative estimate of drug-likeness (QED) is 0.519. The van der Waals surface area contributed by atoms with Crippen molar-refractivity contribution in [3.05, 3.63) is 27.9 Å². The Morgan fingerprint density at radius 1 is 1.48 bits per heavy atom. The fraction of sp³-hybridized carbons (Fsp3) is 0.571. The molecule has 0 spiro atoms. The van der Waals surface area contributed by atoms with Gasteiger partial charge >= 0.3 is 5.69 Å². The Balaban J connectivity index is 2.29. The molecule has 0 radical (unpaired) electrons. The zero-order valence-corrected chi connectivity index (χ0v) is 11.9. The van der Waals surface area contributed by atoms with Crippen LogP contribution in [0, 0.1) is 21.4 Å². The van der Waals surface area contributed by atoms with Gasteiger partial charge in [-0.3, -0.25) is 10.1 Å². The number of nitriles is 1. The molecule has 7 heteroatoms. The van der Waals surface area contributed by atoms with Gasteiger partial charge in [0.2, 0.25) is 5.82 Å². The Morgan fingerprint density at radius 3 is 2.90 bits per heavy atom. The van der Waals surface area contributed by atoms with E-state index in [1.54, 1.807) is 7.11 Å². The molecule has 1 aliphatic rings. The van der Waals surface area contributed by atoms with Crippen LogP contribution in [0.3, 0.4) is 0 Å². The Hall–Kier alpha value is -2.20. The highest BCUT2D eigenvalue weighted by molar-refractivity contribution is 5.64. The number of rotatable bonds is 4. The number of hydrogen-bond acceptors (Lipinski definition) is 6. The van der Waals surface area contributed by atoms with E-state index in [9.17, 15) is 10.1 Å². The molecule has 2 atom stereocenters. The SMILES string of the molecule is COC1CCCCCC1Nc1nccc(C#N)c1[N+](=O)[O-]. The first kappa shape index (κ1) is 15.2. The molecular formula is C14H18N4O3. The second-order valence-electron chi connectivity index (χ2n) is 5.09. The molecule has 1 N–H and O–H groups in total. The van der Waals surface area contributed by atoms with Crippen LogP contribution in [-0.2, 0) is 4.74 Å². The third kappa shape index (κ3) is 3.47. The van der Waals surface area contributed by atoms with Crippen molar-refractivity contribution in [1.82, 2.24) is 4.98 Å². The second kappa shape index (κ2) is 6.99. The summed E-state index contributed by atoms with van der Waals surface area (Å²) in [4.78, 5) is 14.7. The number of anilines is 1. The number of nitro groups is 1. The summed E-state index contributed by atoms with van der Waals surface area (Å²) >= 11 is 0. The van der Waals surface area contributed by atoms with E-state index in [0.717, 1.165) is 32.1 Å². The number of pyridine rings is 1. The van der Waals surface area contributed by atoms with Gasteiger partial charge in [-0.05, 0) is 18.9 Å². The van der Waals surface area contributed by atoms with Crippen LogP contribution in [0.25, 0.3) is 0 Å². The monoisotopic (exact) mass is 290 g/mol. The van der Waals surface area contributed by atoms with Gasteiger partial charge in [0.15, 0.2) is 0 Å². The Labute approximate surface area is 123 Å². The summed E-state index contributed by atoms with van der Waals surface area (Å²) in [6.45, 7) is 0. The van der Waals surface area contributed by atoms with Gasteiger partial charge in [-0.1, -0.05) is 19.3 Å². The van der Waals surface area contributed by atoms with Crippen LogP contribution < -0.4 is 5.32 Å². The number of hydrogen-bond donors (Lipinski definition) is 1. The minimum Gasteiger partial charge on any atom is -0.379 e. The summed E-state index contributed by atoms with van der Waals surface area (Å²) in [7, 11) is 1.65. The Bertz CT molecular complexity index is 556. The van der Waals surface area contributed by atoms with Crippen molar-refractivity contribution < 1.29 is 9.66 Å². The van der Waals surface area contributed by atoms with Gasteiger partial charge in [0.25, 0.3) is 0 Å². The van der Waals surface area contributed by atoms with E-state index < -0.39 is 4.92 Å². The van der Waals surface area contributed by atoms with Crippen molar-refractivity contribution in [1.29, 1.82) is 5.26 Å². The summed E-state index contributed by atoms with van der Waals surface area (Å²) < 4.78 is 5.49. The zero-order valence-electron chi connectivity index (χ0n) is 11.9. The molecule has 112 valence electrons. The van der Waals surface area contributed by atoms with Gasteiger partial charge in [-0.25, -0.2) is 4.98 Å². The van der Waals surface area contributed by atoms with Crippen LogP contribution >= 0.6 is 0 Å². The molecule has 0 amide bonds. The van der Waals surface area contributed by atoms with Crippen molar-refractivity contribution >= 4 is 11.5 Å². The van der Waals surface area contributed by atoms with Crippen LogP contribution in [0.4, 0.5) is 11.5 Å². The lowest BCUT2D eigenvalue weighted by molar-refractivity contribution is -0.384. The van der Waals surface area contributed by atoms with Crippen molar-refractivity contribution in [3.63, 3.8) is 0 Å². The van der Waals surface area contributed by atoms with E-state index in [1.807, 2.05) is 6.07 Å². The molecule has 1 fully saturated rings. The molecule has 2 rings (SSSR count). The van der Waals surface area contributed by atoms with Crippen LogP contribution in [0.15, 0.2) is 12.3 Å². The smallest absolute Gasteiger partial charge is 0.328 e. The number of nitrogens with one attached hydrogen (secondary N) is 1. The molecule has 7 nitrogen and oxygen atoms in total. The minimum absolute atomic E-state index is 0.000328. The fourth-order valence-electron chi connectivity index (χ4n) is 2.73. The molecule has 0 aromatic carbocycles. The molecule has 1 aromatic rings. The Morgan fingerprint density at radius 2 is 2.24 bits per heavy atom. The summed E-state index contributed by atoms with van der Waals surface area (Å²) in [6.07, 6.45) is 6.46. The van der Waals surface area contributed by atoms with E-state index in [4.69, 9.17) is 10.00 Å². The lowest BCUT2D eigenvalue weighted by Gasteiger charge is -2.25. The van der Waals surface area contributed by atoms with Gasteiger partial charge in [0.05, 0.1) is 17.1 Å². The number of methoxy groups -OCH3 is 1. The number of aromatic nitrogens is 1. The van der Waals surface area contributed by atoms with Gasteiger partial charge in [0, 0.05) is 13.3 Å². The van der Waals surface area contributed by atoms with Crippen molar-refractivity contribution in [2.75, 3.05) is 12.4 Å². The highest BCUT2D eigenvalue weighted by atomic mass is 16.6. The predicted molar refractivity (Wildman–Crippen MR) is 76.9 cm³/mol. The molecule has 1 saturated carbocycles. The average molecular weight is 290 g/mol. The standard InChI is InChI=1S/C14H18N4O3/c1-21-12-6-4-2-3-5-11(12)17-14-13(18(19)20)10(9-15)7-8-16-14/h7-8,11-12H,2-6H2,1H3,(H,16,17).